The van der Waals surface area contributed by atoms with Gasteiger partial charge in [-0.2, -0.15) is 15.1 Å². The minimum absolute atomic E-state index is 0.0102. The summed E-state index contributed by atoms with van der Waals surface area (Å²) in [6.45, 7) is 9.07. The highest BCUT2D eigenvalue weighted by atomic mass is 16.5. The smallest absolute Gasteiger partial charge is 0.226 e. The lowest BCUT2D eigenvalue weighted by atomic mass is 10.1. The molecule has 0 atom stereocenters. The number of nitrogens with zero attached hydrogens (tertiary/aromatic N) is 5. The van der Waals surface area contributed by atoms with Gasteiger partial charge in [0.1, 0.15) is 11.9 Å². The van der Waals surface area contributed by atoms with Gasteiger partial charge >= 0.3 is 0 Å². The van der Waals surface area contributed by atoms with Gasteiger partial charge in [-0.3, -0.25) is 9.78 Å². The number of H-pyrrole nitrogens is 1. The number of rotatable bonds is 5. The number of carbonyl (C=O) groups is 1. The van der Waals surface area contributed by atoms with Crippen LogP contribution in [0, 0.1) is 0 Å². The van der Waals surface area contributed by atoms with Crippen LogP contribution in [0.25, 0.3) is 16.8 Å². The highest BCUT2D eigenvalue weighted by Crippen LogP contribution is 2.35. The Labute approximate surface area is 211 Å². The van der Waals surface area contributed by atoms with Gasteiger partial charge in [-0.05, 0) is 24.6 Å². The minimum Gasteiger partial charge on any atom is -0.474 e. The van der Waals surface area contributed by atoms with E-state index >= 15 is 0 Å². The van der Waals surface area contributed by atoms with Crippen molar-refractivity contribution in [3.05, 3.63) is 77.9 Å². The first-order valence-electron chi connectivity index (χ1n) is 12.3. The van der Waals surface area contributed by atoms with E-state index in [1.54, 1.807) is 5.01 Å². The molecule has 184 valence electrons. The van der Waals surface area contributed by atoms with Crippen LogP contribution in [-0.2, 0) is 9.53 Å². The quantitative estimate of drug-likeness (QED) is 0.515. The molecule has 0 radical (unpaired) electrons. The topological polar surface area (TPSA) is 86.2 Å². The number of aromatic amines is 1. The highest BCUT2D eigenvalue weighted by molar-refractivity contribution is 6.03. The SMILES string of the molecule is C=NN1C(=C(C)c2ccc(-c3ccccc3)nc2)N=C(OC2CCN(C(=O)CC)CC2)c2cc[nH]c21. The van der Waals surface area contributed by atoms with Gasteiger partial charge in [0, 0.05) is 62.6 Å². The first-order valence-corrected chi connectivity index (χ1v) is 12.3. The van der Waals surface area contributed by atoms with Crippen molar-refractivity contribution in [3.63, 3.8) is 0 Å². The maximum absolute atomic E-state index is 12.0. The Kier molecular flexibility index (Phi) is 6.66. The average molecular weight is 483 g/mol. The molecule has 1 fully saturated rings. The van der Waals surface area contributed by atoms with Crippen LogP contribution >= 0.6 is 0 Å². The second-order valence-corrected chi connectivity index (χ2v) is 8.91. The Morgan fingerprint density at radius 1 is 1.17 bits per heavy atom. The Balaban J connectivity index is 1.43. The van der Waals surface area contributed by atoms with Crippen LogP contribution in [0.3, 0.4) is 0 Å². The molecule has 2 aliphatic heterocycles. The third kappa shape index (κ3) is 4.54. The zero-order valence-electron chi connectivity index (χ0n) is 20.6. The first kappa shape index (κ1) is 23.5. The lowest BCUT2D eigenvalue weighted by Gasteiger charge is -2.33. The Bertz CT molecular complexity index is 1300. The molecule has 36 heavy (non-hydrogen) atoms. The normalized spacial score (nSPS) is 17.3. The van der Waals surface area contributed by atoms with Crippen LogP contribution in [0.4, 0.5) is 5.82 Å². The molecule has 0 bridgehead atoms. The first-order chi connectivity index (χ1) is 17.6. The molecule has 1 N–H and O–H groups in total. The van der Waals surface area contributed by atoms with Gasteiger partial charge in [0.05, 0.1) is 11.3 Å². The third-order valence-electron chi connectivity index (χ3n) is 6.69. The number of allylic oxidation sites excluding steroid dienone is 1. The molecule has 1 aromatic carbocycles. The number of hydrazone groups is 1. The fourth-order valence-corrected chi connectivity index (χ4v) is 4.62. The maximum Gasteiger partial charge on any atom is 0.226 e. The van der Waals surface area contributed by atoms with Crippen LogP contribution in [0.1, 0.15) is 44.2 Å². The van der Waals surface area contributed by atoms with Crippen molar-refractivity contribution in [2.24, 2.45) is 10.1 Å². The third-order valence-corrected chi connectivity index (χ3v) is 6.69. The summed E-state index contributed by atoms with van der Waals surface area (Å²) in [6.07, 6.45) is 5.77. The van der Waals surface area contributed by atoms with Gasteiger partial charge in [-0.15, -0.1) is 0 Å². The van der Waals surface area contributed by atoms with Crippen molar-refractivity contribution >= 4 is 29.9 Å². The number of ether oxygens (including phenoxy) is 1. The molecule has 1 saturated heterocycles. The van der Waals surface area contributed by atoms with Crippen molar-refractivity contribution in [2.45, 2.75) is 39.2 Å². The second kappa shape index (κ2) is 10.2. The number of fused-ring (bicyclic) bond motifs is 1. The fourth-order valence-electron chi connectivity index (χ4n) is 4.62. The van der Waals surface area contributed by atoms with Crippen LogP contribution < -0.4 is 5.01 Å². The van der Waals surface area contributed by atoms with Crippen LogP contribution in [0.15, 0.2) is 76.8 Å². The standard InChI is InChI=1S/C28H30N6O2/c1-4-25(35)33-16-13-22(14-17-33)36-28-23-12-15-30-27(23)34(29-3)26(32-28)19(2)21-10-11-24(31-18-21)20-8-6-5-7-9-20/h5-12,15,18,22,30H,3-4,13-14,16-17H2,1-2H3. The van der Waals surface area contributed by atoms with E-state index in [-0.39, 0.29) is 12.0 Å². The van der Waals surface area contributed by atoms with Gasteiger partial charge in [0.2, 0.25) is 11.8 Å². The summed E-state index contributed by atoms with van der Waals surface area (Å²) in [7, 11) is 0. The van der Waals surface area contributed by atoms with Gasteiger partial charge < -0.3 is 14.6 Å². The van der Waals surface area contributed by atoms with E-state index in [2.05, 4.69) is 21.8 Å². The van der Waals surface area contributed by atoms with Crippen LogP contribution in [-0.4, -0.2) is 52.6 Å². The number of carbonyl (C=O) groups excluding carboxylic acids is 1. The molecule has 0 spiro atoms. The van der Waals surface area contributed by atoms with E-state index in [0.29, 0.717) is 31.2 Å². The summed E-state index contributed by atoms with van der Waals surface area (Å²) in [6, 6.07) is 16.1. The number of anilines is 1. The van der Waals surface area contributed by atoms with Gasteiger partial charge in [-0.25, -0.2) is 0 Å². The molecule has 4 heterocycles. The number of pyridine rings is 1. The molecule has 3 aromatic rings. The molecule has 0 saturated carbocycles. The molecule has 0 aliphatic carbocycles. The summed E-state index contributed by atoms with van der Waals surface area (Å²) in [4.78, 5) is 26.8. The number of piperidine rings is 1. The van der Waals surface area contributed by atoms with E-state index in [1.165, 1.54) is 0 Å². The minimum atomic E-state index is -0.0102. The van der Waals surface area contributed by atoms with E-state index in [4.69, 9.17) is 9.73 Å². The highest BCUT2D eigenvalue weighted by Gasteiger charge is 2.31. The van der Waals surface area contributed by atoms with Crippen molar-refractivity contribution in [3.8, 4) is 11.3 Å². The van der Waals surface area contributed by atoms with Gasteiger partial charge in [0.15, 0.2) is 5.82 Å². The Morgan fingerprint density at radius 3 is 2.61 bits per heavy atom. The largest absolute Gasteiger partial charge is 0.474 e. The van der Waals surface area contributed by atoms with Crippen LogP contribution in [0.2, 0.25) is 0 Å². The molecule has 2 aromatic heterocycles. The second-order valence-electron chi connectivity index (χ2n) is 8.91. The molecule has 8 heteroatoms. The number of hydrogen-bond acceptors (Lipinski definition) is 6. The molecule has 2 aliphatic rings. The zero-order chi connectivity index (χ0) is 25.1. The molecule has 5 rings (SSSR count). The van der Waals surface area contributed by atoms with Crippen molar-refractivity contribution < 1.29 is 9.53 Å². The molecular formula is C28H30N6O2. The number of nitrogens with one attached hydrogen (secondary N) is 1. The van der Waals surface area contributed by atoms with Crippen LogP contribution in [0.5, 0.6) is 0 Å². The summed E-state index contributed by atoms with van der Waals surface area (Å²) >= 11 is 0. The van der Waals surface area contributed by atoms with Crippen molar-refractivity contribution in [2.75, 3.05) is 18.1 Å². The summed E-state index contributed by atoms with van der Waals surface area (Å²) < 4.78 is 6.42. The zero-order valence-corrected chi connectivity index (χ0v) is 20.6. The number of aromatic nitrogens is 2. The lowest BCUT2D eigenvalue weighted by molar-refractivity contribution is -0.132. The number of likely N-dealkylation sites (tertiary alicyclic amines) is 1. The molecular weight excluding hydrogens is 452 g/mol. The lowest BCUT2D eigenvalue weighted by Crippen LogP contribution is -2.41. The maximum atomic E-state index is 12.0. The molecule has 8 nitrogen and oxygen atoms in total. The predicted octanol–water partition coefficient (Wildman–Crippen LogP) is 5.07. The fraction of sp³-hybridized carbons (Fsp3) is 0.286. The number of amides is 1. The van der Waals surface area contributed by atoms with Crippen molar-refractivity contribution in [1.29, 1.82) is 0 Å². The molecule has 1 amide bonds. The number of benzene rings is 1. The number of hydrogen-bond donors (Lipinski definition) is 1. The predicted molar refractivity (Wildman–Crippen MR) is 143 cm³/mol. The van der Waals surface area contributed by atoms with E-state index in [0.717, 1.165) is 46.6 Å². The van der Waals surface area contributed by atoms with E-state index < -0.39 is 0 Å². The molecule has 0 unspecified atom stereocenters. The Morgan fingerprint density at radius 2 is 1.94 bits per heavy atom. The van der Waals surface area contributed by atoms with Crippen molar-refractivity contribution in [1.82, 2.24) is 14.9 Å². The summed E-state index contributed by atoms with van der Waals surface area (Å²) in [5.41, 5.74) is 4.65. The van der Waals surface area contributed by atoms with E-state index in [9.17, 15) is 4.79 Å². The monoisotopic (exact) mass is 482 g/mol. The average Bonchev–Trinajstić information content (AvgIpc) is 3.43. The van der Waals surface area contributed by atoms with Gasteiger partial charge in [0.25, 0.3) is 0 Å². The summed E-state index contributed by atoms with van der Waals surface area (Å²) in [5.74, 6) is 2.13. The number of aliphatic imine (C=N–C) groups is 1. The van der Waals surface area contributed by atoms with Gasteiger partial charge in [-0.1, -0.05) is 43.3 Å². The van der Waals surface area contributed by atoms with E-state index in [1.807, 2.05) is 79.7 Å². The Hall–Kier alpha value is -4.20. The summed E-state index contributed by atoms with van der Waals surface area (Å²) in [5, 5.41) is 5.94.